The molecule has 1 nitrogen and oxygen atoms in total. The van der Waals surface area contributed by atoms with E-state index < -0.39 is 0 Å². The van der Waals surface area contributed by atoms with Crippen molar-refractivity contribution in [2.24, 2.45) is 0 Å². The summed E-state index contributed by atoms with van der Waals surface area (Å²) >= 11 is 7.74. The maximum atomic E-state index is 5.97. The van der Waals surface area contributed by atoms with E-state index >= 15 is 0 Å². The molecule has 0 aliphatic carbocycles. The Balaban J connectivity index is 2.13. The van der Waals surface area contributed by atoms with Crippen molar-refractivity contribution < 1.29 is 0 Å². The van der Waals surface area contributed by atoms with E-state index in [2.05, 4.69) is 49.7 Å². The smallest absolute Gasteiger partial charge is 0.0485 e. The van der Waals surface area contributed by atoms with Gasteiger partial charge in [-0.3, -0.25) is 0 Å². The van der Waals surface area contributed by atoms with E-state index in [0.29, 0.717) is 0 Å². The number of benzene rings is 2. The molecule has 1 unspecified atom stereocenters. The van der Waals surface area contributed by atoms with Crippen LogP contribution in [0.2, 0.25) is 5.02 Å². The summed E-state index contributed by atoms with van der Waals surface area (Å²) in [6.45, 7) is 4.24. The second-order valence-corrected chi connectivity index (χ2v) is 5.91. The summed E-state index contributed by atoms with van der Waals surface area (Å²) in [4.78, 5) is 1.29. The molecule has 0 bridgehead atoms. The fraction of sp³-hybridized carbons (Fsp3) is 0.250. The van der Waals surface area contributed by atoms with Crippen molar-refractivity contribution in [3.8, 4) is 0 Å². The van der Waals surface area contributed by atoms with Gasteiger partial charge in [-0.05, 0) is 61.6 Å². The van der Waals surface area contributed by atoms with Gasteiger partial charge in [-0.1, -0.05) is 23.7 Å². The van der Waals surface area contributed by atoms with Gasteiger partial charge >= 0.3 is 0 Å². The topological polar surface area (TPSA) is 12.0 Å². The molecule has 0 amide bonds. The van der Waals surface area contributed by atoms with Gasteiger partial charge in [-0.15, -0.1) is 11.8 Å². The van der Waals surface area contributed by atoms with Crippen LogP contribution in [0.5, 0.6) is 0 Å². The standard InChI is InChI=1S/C16H18ClNS/c1-11-10-14(17)6-9-16(11)18-12(2)13-4-7-15(19-3)8-5-13/h4-10,12,18H,1-3H3. The lowest BCUT2D eigenvalue weighted by Crippen LogP contribution is -2.07. The Bertz CT molecular complexity index is 551. The van der Waals surface area contributed by atoms with Gasteiger partial charge in [0.25, 0.3) is 0 Å². The number of nitrogens with one attached hydrogen (secondary N) is 1. The molecule has 0 aliphatic heterocycles. The van der Waals surface area contributed by atoms with Crippen LogP contribution < -0.4 is 5.32 Å². The van der Waals surface area contributed by atoms with Crippen LogP contribution in [0.15, 0.2) is 47.4 Å². The van der Waals surface area contributed by atoms with Gasteiger partial charge < -0.3 is 5.32 Å². The first kappa shape index (κ1) is 14.3. The van der Waals surface area contributed by atoms with Crippen molar-refractivity contribution in [3.63, 3.8) is 0 Å². The number of anilines is 1. The maximum absolute atomic E-state index is 5.97. The lowest BCUT2D eigenvalue weighted by atomic mass is 10.1. The lowest BCUT2D eigenvalue weighted by molar-refractivity contribution is 0.880. The second-order valence-electron chi connectivity index (χ2n) is 4.60. The van der Waals surface area contributed by atoms with Crippen molar-refractivity contribution in [1.29, 1.82) is 0 Å². The Morgan fingerprint density at radius 1 is 1.11 bits per heavy atom. The van der Waals surface area contributed by atoms with E-state index in [1.807, 2.05) is 18.2 Å². The van der Waals surface area contributed by atoms with Crippen LogP contribution in [0.3, 0.4) is 0 Å². The zero-order valence-electron chi connectivity index (χ0n) is 11.4. The summed E-state index contributed by atoms with van der Waals surface area (Å²) in [6, 6.07) is 14.9. The first-order valence-electron chi connectivity index (χ1n) is 6.27. The molecule has 0 saturated heterocycles. The van der Waals surface area contributed by atoms with E-state index in [-0.39, 0.29) is 6.04 Å². The minimum atomic E-state index is 0.274. The van der Waals surface area contributed by atoms with Gasteiger partial charge in [0.2, 0.25) is 0 Å². The van der Waals surface area contributed by atoms with Crippen LogP contribution in [0.4, 0.5) is 5.69 Å². The van der Waals surface area contributed by atoms with Crippen LogP contribution in [0.1, 0.15) is 24.1 Å². The predicted molar refractivity (Wildman–Crippen MR) is 86.4 cm³/mol. The van der Waals surface area contributed by atoms with Crippen LogP contribution in [-0.2, 0) is 0 Å². The number of thioether (sulfide) groups is 1. The molecule has 2 rings (SSSR count). The molecule has 100 valence electrons. The van der Waals surface area contributed by atoms with Gasteiger partial charge in [-0.25, -0.2) is 0 Å². The van der Waals surface area contributed by atoms with Gasteiger partial charge in [0, 0.05) is 21.6 Å². The molecule has 0 fully saturated rings. The fourth-order valence-corrected chi connectivity index (χ4v) is 2.63. The Kier molecular flexibility index (Phi) is 4.78. The molecular formula is C16H18ClNS. The maximum Gasteiger partial charge on any atom is 0.0485 e. The number of aryl methyl sites for hydroxylation is 1. The van der Waals surface area contributed by atoms with Gasteiger partial charge in [0.1, 0.15) is 0 Å². The van der Waals surface area contributed by atoms with Gasteiger partial charge in [0.15, 0.2) is 0 Å². The Labute approximate surface area is 124 Å². The molecule has 1 N–H and O–H groups in total. The molecule has 0 saturated carbocycles. The third-order valence-electron chi connectivity index (χ3n) is 3.18. The summed E-state index contributed by atoms with van der Waals surface area (Å²) in [7, 11) is 0. The third kappa shape index (κ3) is 3.68. The number of hydrogen-bond donors (Lipinski definition) is 1. The first-order valence-corrected chi connectivity index (χ1v) is 7.87. The summed E-state index contributed by atoms with van der Waals surface area (Å²) in [6.07, 6.45) is 2.09. The van der Waals surface area contributed by atoms with Crippen LogP contribution in [-0.4, -0.2) is 6.26 Å². The monoisotopic (exact) mass is 291 g/mol. The Morgan fingerprint density at radius 2 is 1.79 bits per heavy atom. The Hall–Kier alpha value is -1.12. The van der Waals surface area contributed by atoms with E-state index in [9.17, 15) is 0 Å². The van der Waals surface area contributed by atoms with E-state index in [4.69, 9.17) is 11.6 Å². The van der Waals surface area contributed by atoms with Crippen molar-refractivity contribution in [2.45, 2.75) is 24.8 Å². The van der Waals surface area contributed by atoms with Crippen molar-refractivity contribution in [1.82, 2.24) is 0 Å². The SMILES string of the molecule is CSc1ccc(C(C)Nc2ccc(Cl)cc2C)cc1. The minimum Gasteiger partial charge on any atom is -0.378 e. The van der Waals surface area contributed by atoms with E-state index in [1.54, 1.807) is 11.8 Å². The number of hydrogen-bond acceptors (Lipinski definition) is 2. The lowest BCUT2D eigenvalue weighted by Gasteiger charge is -2.18. The molecule has 0 radical (unpaired) electrons. The van der Waals surface area contributed by atoms with Crippen molar-refractivity contribution in [3.05, 3.63) is 58.6 Å². The highest BCUT2D eigenvalue weighted by molar-refractivity contribution is 7.98. The first-order chi connectivity index (χ1) is 9.10. The molecule has 1 atom stereocenters. The Morgan fingerprint density at radius 3 is 2.37 bits per heavy atom. The van der Waals surface area contributed by atoms with E-state index in [1.165, 1.54) is 16.0 Å². The third-order valence-corrected chi connectivity index (χ3v) is 4.15. The minimum absolute atomic E-state index is 0.274. The van der Waals surface area contributed by atoms with Crippen LogP contribution >= 0.6 is 23.4 Å². The summed E-state index contributed by atoms with van der Waals surface area (Å²) in [5, 5.41) is 4.30. The van der Waals surface area contributed by atoms with Gasteiger partial charge in [-0.2, -0.15) is 0 Å². The van der Waals surface area contributed by atoms with E-state index in [0.717, 1.165) is 10.7 Å². The predicted octanol–water partition coefficient (Wildman–Crippen LogP) is 5.54. The quantitative estimate of drug-likeness (QED) is 0.742. The van der Waals surface area contributed by atoms with Crippen LogP contribution in [0.25, 0.3) is 0 Å². The van der Waals surface area contributed by atoms with Crippen molar-refractivity contribution in [2.75, 3.05) is 11.6 Å². The number of rotatable bonds is 4. The molecule has 3 heteroatoms. The normalized spacial score (nSPS) is 12.2. The fourth-order valence-electron chi connectivity index (χ4n) is 2.00. The highest BCUT2D eigenvalue weighted by Crippen LogP contribution is 2.25. The molecular weight excluding hydrogens is 274 g/mol. The van der Waals surface area contributed by atoms with Crippen molar-refractivity contribution >= 4 is 29.1 Å². The average molecular weight is 292 g/mol. The highest BCUT2D eigenvalue weighted by Gasteiger charge is 2.07. The second kappa shape index (κ2) is 6.36. The largest absolute Gasteiger partial charge is 0.378 e. The summed E-state index contributed by atoms with van der Waals surface area (Å²) in [5.41, 5.74) is 3.58. The zero-order valence-corrected chi connectivity index (χ0v) is 13.0. The highest BCUT2D eigenvalue weighted by atomic mass is 35.5. The average Bonchev–Trinajstić information content (AvgIpc) is 2.42. The molecule has 0 heterocycles. The molecule has 2 aromatic carbocycles. The number of halogens is 1. The zero-order chi connectivity index (χ0) is 13.8. The summed E-state index contributed by atoms with van der Waals surface area (Å²) in [5.74, 6) is 0. The van der Waals surface area contributed by atoms with Crippen LogP contribution in [0, 0.1) is 6.92 Å². The van der Waals surface area contributed by atoms with Gasteiger partial charge in [0.05, 0.1) is 0 Å². The molecule has 0 aliphatic rings. The molecule has 2 aromatic rings. The molecule has 0 aromatic heterocycles. The summed E-state index contributed by atoms with van der Waals surface area (Å²) < 4.78 is 0. The molecule has 19 heavy (non-hydrogen) atoms. The molecule has 0 spiro atoms.